The minimum absolute atomic E-state index is 0.0665. The number of nitrogens with one attached hydrogen (secondary N) is 1. The van der Waals surface area contributed by atoms with Gasteiger partial charge in [-0.25, -0.2) is 4.98 Å². The van der Waals surface area contributed by atoms with Gasteiger partial charge in [-0.1, -0.05) is 36.8 Å². The summed E-state index contributed by atoms with van der Waals surface area (Å²) < 4.78 is 81.1. The molecule has 0 fully saturated rings. The van der Waals surface area contributed by atoms with E-state index in [0.29, 0.717) is 16.9 Å². The van der Waals surface area contributed by atoms with Crippen molar-refractivity contribution in [3.63, 3.8) is 0 Å². The molecule has 4 rings (SSSR count). The third-order valence-corrected chi connectivity index (χ3v) is 7.05. The van der Waals surface area contributed by atoms with E-state index in [0.717, 1.165) is 22.4 Å². The normalized spacial score (nSPS) is 13.1. The number of halogens is 6. The van der Waals surface area contributed by atoms with Gasteiger partial charge >= 0.3 is 12.4 Å². The molecule has 0 aliphatic carbocycles. The zero-order valence-corrected chi connectivity index (χ0v) is 21.5. The fourth-order valence-corrected chi connectivity index (χ4v) is 4.93. The van der Waals surface area contributed by atoms with Crippen molar-refractivity contribution in [1.29, 1.82) is 0 Å². The van der Waals surface area contributed by atoms with Gasteiger partial charge in [0.15, 0.2) is 5.69 Å². The second-order valence-corrected chi connectivity index (χ2v) is 10.0. The van der Waals surface area contributed by atoms with E-state index in [1.807, 2.05) is 0 Å². The quantitative estimate of drug-likeness (QED) is 0.271. The van der Waals surface area contributed by atoms with E-state index in [2.05, 4.69) is 15.4 Å². The van der Waals surface area contributed by atoms with Crippen LogP contribution >= 0.6 is 11.3 Å². The average Bonchev–Trinajstić information content (AvgIpc) is 3.39. The number of fused-ring (bicyclic) bond motifs is 1. The highest BCUT2D eigenvalue weighted by molar-refractivity contribution is 7.21. The minimum atomic E-state index is -4.79. The van der Waals surface area contributed by atoms with Crippen LogP contribution < -0.4 is 11.1 Å². The Kier molecular flexibility index (Phi) is 7.19. The van der Waals surface area contributed by atoms with Crippen LogP contribution in [0.25, 0.3) is 21.3 Å². The van der Waals surface area contributed by atoms with Crippen molar-refractivity contribution in [1.82, 2.24) is 14.8 Å². The molecule has 1 aromatic carbocycles. The number of primary amides is 1. The molecule has 3 aromatic heterocycles. The summed E-state index contributed by atoms with van der Waals surface area (Å²) in [5, 5.41) is 6.15. The van der Waals surface area contributed by atoms with Gasteiger partial charge in [-0.2, -0.15) is 31.4 Å². The predicted molar refractivity (Wildman–Crippen MR) is 133 cm³/mol. The van der Waals surface area contributed by atoms with Gasteiger partial charge in [-0.3, -0.25) is 14.3 Å². The third kappa shape index (κ3) is 5.75. The Hall–Kier alpha value is -3.94. The molecule has 0 bridgehead atoms. The van der Waals surface area contributed by atoms with E-state index in [1.54, 1.807) is 31.2 Å². The van der Waals surface area contributed by atoms with Gasteiger partial charge in [-0.05, 0) is 37.1 Å². The van der Waals surface area contributed by atoms with Gasteiger partial charge in [0.1, 0.15) is 15.4 Å². The Morgan fingerprint density at radius 2 is 1.64 bits per heavy atom. The van der Waals surface area contributed by atoms with Crippen LogP contribution in [0.3, 0.4) is 0 Å². The molecule has 4 aromatic rings. The van der Waals surface area contributed by atoms with Crippen LogP contribution in [0.2, 0.25) is 0 Å². The summed E-state index contributed by atoms with van der Waals surface area (Å²) in [6, 6.07) is 8.25. The van der Waals surface area contributed by atoms with Gasteiger partial charge in [0.2, 0.25) is 5.91 Å². The first kappa shape index (κ1) is 28.1. The first-order chi connectivity index (χ1) is 18.1. The Labute approximate surface area is 221 Å². The lowest BCUT2D eigenvalue weighted by atomic mass is 9.99. The average molecular weight is 570 g/mol. The highest BCUT2D eigenvalue weighted by atomic mass is 32.1. The number of alkyl halides is 6. The highest BCUT2D eigenvalue weighted by Gasteiger charge is 2.36. The van der Waals surface area contributed by atoms with E-state index < -0.39 is 41.5 Å². The minimum Gasteiger partial charge on any atom is -0.365 e. The Bertz CT molecular complexity index is 1570. The van der Waals surface area contributed by atoms with Gasteiger partial charge < -0.3 is 11.1 Å². The summed E-state index contributed by atoms with van der Waals surface area (Å²) in [5.74, 6) is -2.66. The topological polar surface area (TPSA) is 103 Å². The number of pyridine rings is 1. The van der Waals surface area contributed by atoms with Crippen molar-refractivity contribution < 1.29 is 35.9 Å². The predicted octanol–water partition coefficient (Wildman–Crippen LogP) is 6.19. The molecule has 2 amide bonds. The van der Waals surface area contributed by atoms with Crippen molar-refractivity contribution in [2.24, 2.45) is 11.7 Å². The second kappa shape index (κ2) is 9.98. The van der Waals surface area contributed by atoms with Crippen LogP contribution in [0.4, 0.5) is 32.0 Å². The van der Waals surface area contributed by atoms with Crippen LogP contribution in [0.15, 0.2) is 36.4 Å². The number of thiophene rings is 1. The number of hydrogen-bond donors (Lipinski definition) is 2. The molecule has 7 nitrogen and oxygen atoms in total. The molecule has 0 aliphatic rings. The molecule has 0 radical (unpaired) electrons. The van der Waals surface area contributed by atoms with E-state index in [4.69, 9.17) is 5.73 Å². The number of benzene rings is 1. The van der Waals surface area contributed by atoms with Crippen LogP contribution in [0.5, 0.6) is 0 Å². The Balaban J connectivity index is 1.79. The lowest BCUT2D eigenvalue weighted by Gasteiger charge is -2.15. The maximum absolute atomic E-state index is 13.7. The number of rotatable bonds is 6. The molecule has 1 unspecified atom stereocenters. The van der Waals surface area contributed by atoms with Crippen molar-refractivity contribution in [2.75, 3.05) is 5.32 Å². The molecule has 3 heterocycles. The van der Waals surface area contributed by atoms with Gasteiger partial charge in [-0.15, -0.1) is 11.3 Å². The summed E-state index contributed by atoms with van der Waals surface area (Å²) in [6.07, 6.45) is -9.46. The molecule has 0 saturated carbocycles. The number of anilines is 1. The second-order valence-electron chi connectivity index (χ2n) is 9.01. The number of carbonyl (C=O) groups is 2. The molecule has 0 saturated heterocycles. The van der Waals surface area contributed by atoms with E-state index in [1.165, 1.54) is 13.8 Å². The lowest BCUT2D eigenvalue weighted by Crippen LogP contribution is -2.26. The molecule has 0 aliphatic heterocycles. The standard InChI is InChI=1S/C25H21F6N5O2S/c1-11-4-6-14(7-5-11)15-9-16(24(26,27)28)33-23-18(15)19(20(39-23)21(32)37)34-22(38)12(2)10-36-13(3)8-17(35-36)25(29,30)31/h4-9,12H,10H2,1-3H3,(H2,32,37)(H,34,38). The van der Waals surface area contributed by atoms with Crippen molar-refractivity contribution in [3.05, 3.63) is 63.9 Å². The van der Waals surface area contributed by atoms with Crippen LogP contribution in [0.1, 0.15) is 39.2 Å². The Morgan fingerprint density at radius 1 is 1.03 bits per heavy atom. The summed E-state index contributed by atoms with van der Waals surface area (Å²) in [5.41, 5.74) is 4.55. The SMILES string of the molecule is Cc1ccc(-c2cc(C(F)(F)F)nc3sc(C(N)=O)c(NC(=O)C(C)Cn4nc(C(F)(F)F)cc4C)c23)cc1. The summed E-state index contributed by atoms with van der Waals surface area (Å²) >= 11 is 0.598. The van der Waals surface area contributed by atoms with Gasteiger partial charge in [0, 0.05) is 11.1 Å². The van der Waals surface area contributed by atoms with E-state index in [-0.39, 0.29) is 38.6 Å². The number of carbonyl (C=O) groups excluding carboxylic acids is 2. The third-order valence-electron chi connectivity index (χ3n) is 5.95. The van der Waals surface area contributed by atoms with Crippen molar-refractivity contribution >= 4 is 39.1 Å². The summed E-state index contributed by atoms with van der Waals surface area (Å²) in [6.45, 7) is 4.41. The van der Waals surface area contributed by atoms with Gasteiger partial charge in [0.05, 0.1) is 18.2 Å². The molecule has 14 heteroatoms. The zero-order valence-electron chi connectivity index (χ0n) is 20.7. The van der Waals surface area contributed by atoms with Crippen molar-refractivity contribution in [3.8, 4) is 11.1 Å². The molecule has 1 atom stereocenters. The maximum atomic E-state index is 13.7. The number of aromatic nitrogens is 3. The van der Waals surface area contributed by atoms with Crippen LogP contribution in [-0.4, -0.2) is 26.6 Å². The van der Waals surface area contributed by atoms with Crippen LogP contribution in [0, 0.1) is 19.8 Å². The Morgan fingerprint density at radius 3 is 2.18 bits per heavy atom. The number of nitrogens with zero attached hydrogens (tertiary/aromatic N) is 3. The number of amides is 2. The van der Waals surface area contributed by atoms with E-state index in [9.17, 15) is 35.9 Å². The first-order valence-electron chi connectivity index (χ1n) is 11.4. The lowest BCUT2D eigenvalue weighted by molar-refractivity contribution is -0.142. The van der Waals surface area contributed by atoms with Crippen LogP contribution in [-0.2, 0) is 23.7 Å². The zero-order chi connectivity index (χ0) is 28.9. The largest absolute Gasteiger partial charge is 0.435 e. The van der Waals surface area contributed by atoms with E-state index >= 15 is 0 Å². The molecule has 3 N–H and O–H groups in total. The highest BCUT2D eigenvalue weighted by Crippen LogP contribution is 2.44. The first-order valence-corrected chi connectivity index (χ1v) is 12.2. The molecular formula is C25H21F6N5O2S. The number of nitrogens with two attached hydrogens (primary N) is 1. The summed E-state index contributed by atoms with van der Waals surface area (Å²) in [4.78, 5) is 28.7. The number of aryl methyl sites for hydroxylation is 2. The smallest absolute Gasteiger partial charge is 0.365 e. The fourth-order valence-electron chi connectivity index (χ4n) is 3.92. The molecular weight excluding hydrogens is 548 g/mol. The maximum Gasteiger partial charge on any atom is 0.435 e. The number of hydrogen-bond acceptors (Lipinski definition) is 5. The summed E-state index contributed by atoms with van der Waals surface area (Å²) in [7, 11) is 0. The molecule has 0 spiro atoms. The fraction of sp³-hybridized carbons (Fsp3) is 0.280. The van der Waals surface area contributed by atoms with Crippen molar-refractivity contribution in [2.45, 2.75) is 39.7 Å². The molecule has 206 valence electrons. The molecule has 39 heavy (non-hydrogen) atoms. The monoisotopic (exact) mass is 569 g/mol. The van der Waals surface area contributed by atoms with Gasteiger partial charge in [0.25, 0.3) is 5.91 Å².